The topological polar surface area (TPSA) is 69.0 Å². The van der Waals surface area contributed by atoms with E-state index in [1.54, 1.807) is 30.9 Å². The number of hydrogen-bond acceptors (Lipinski definition) is 4. The Labute approximate surface area is 146 Å². The minimum absolute atomic E-state index is 0.195. The zero-order valence-electron chi connectivity index (χ0n) is 14.1. The summed E-state index contributed by atoms with van der Waals surface area (Å²) in [6, 6.07) is 11.6. The molecule has 6 nitrogen and oxygen atoms in total. The molecule has 25 heavy (non-hydrogen) atoms. The SMILES string of the molecule is CCOc1ncccc1C(=O)NCc1ccc(Cn2ccnc2)cc1. The fourth-order valence-electron chi connectivity index (χ4n) is 2.45. The number of amides is 1. The first-order chi connectivity index (χ1) is 12.3. The lowest BCUT2D eigenvalue weighted by atomic mass is 10.1. The van der Waals surface area contributed by atoms with Crippen molar-refractivity contribution >= 4 is 5.91 Å². The van der Waals surface area contributed by atoms with Gasteiger partial charge in [0.05, 0.1) is 12.9 Å². The first-order valence-electron chi connectivity index (χ1n) is 8.16. The fraction of sp³-hybridized carbons (Fsp3) is 0.211. The molecule has 0 spiro atoms. The number of aromatic nitrogens is 3. The quantitative estimate of drug-likeness (QED) is 0.720. The Balaban J connectivity index is 1.59. The molecule has 0 fully saturated rings. The maximum absolute atomic E-state index is 12.4. The summed E-state index contributed by atoms with van der Waals surface area (Å²) in [4.78, 5) is 20.5. The van der Waals surface area contributed by atoms with Gasteiger partial charge in [-0.25, -0.2) is 9.97 Å². The molecule has 1 aromatic carbocycles. The second kappa shape index (κ2) is 8.10. The summed E-state index contributed by atoms with van der Waals surface area (Å²) in [5.41, 5.74) is 2.66. The van der Waals surface area contributed by atoms with Gasteiger partial charge in [0, 0.05) is 31.7 Å². The minimum atomic E-state index is -0.195. The van der Waals surface area contributed by atoms with E-state index in [-0.39, 0.29) is 5.91 Å². The predicted octanol–water partition coefficient (Wildman–Crippen LogP) is 2.66. The second-order valence-corrected chi connectivity index (χ2v) is 5.52. The van der Waals surface area contributed by atoms with Crippen LogP contribution in [0, 0.1) is 0 Å². The van der Waals surface area contributed by atoms with Crippen molar-refractivity contribution < 1.29 is 9.53 Å². The van der Waals surface area contributed by atoms with Gasteiger partial charge in [0.2, 0.25) is 5.88 Å². The molecule has 0 saturated heterocycles. The zero-order chi connectivity index (χ0) is 17.5. The summed E-state index contributed by atoms with van der Waals surface area (Å²) in [5.74, 6) is 0.164. The standard InChI is InChI=1S/C19H20N4O2/c1-2-25-19-17(4-3-9-21-19)18(24)22-12-15-5-7-16(8-6-15)13-23-11-10-20-14-23/h3-11,14H,2,12-13H2,1H3,(H,22,24). The molecule has 0 saturated carbocycles. The zero-order valence-corrected chi connectivity index (χ0v) is 14.1. The highest BCUT2D eigenvalue weighted by atomic mass is 16.5. The van der Waals surface area contributed by atoms with Gasteiger partial charge in [0.1, 0.15) is 5.56 Å². The van der Waals surface area contributed by atoms with Gasteiger partial charge >= 0.3 is 0 Å². The summed E-state index contributed by atoms with van der Waals surface area (Å²) >= 11 is 0. The number of rotatable bonds is 7. The Morgan fingerprint density at radius 2 is 1.96 bits per heavy atom. The largest absolute Gasteiger partial charge is 0.477 e. The van der Waals surface area contributed by atoms with E-state index in [2.05, 4.69) is 27.4 Å². The van der Waals surface area contributed by atoms with Crippen molar-refractivity contribution in [2.75, 3.05) is 6.61 Å². The van der Waals surface area contributed by atoms with Crippen molar-refractivity contribution in [3.05, 3.63) is 78.0 Å². The fourth-order valence-corrected chi connectivity index (χ4v) is 2.45. The van der Waals surface area contributed by atoms with Crippen LogP contribution in [0.15, 0.2) is 61.3 Å². The summed E-state index contributed by atoms with van der Waals surface area (Å²) in [5, 5.41) is 2.90. The number of hydrogen-bond donors (Lipinski definition) is 1. The molecular formula is C19H20N4O2. The average molecular weight is 336 g/mol. The minimum Gasteiger partial charge on any atom is -0.477 e. The van der Waals surface area contributed by atoms with Crippen LogP contribution >= 0.6 is 0 Å². The smallest absolute Gasteiger partial charge is 0.257 e. The molecule has 0 aliphatic carbocycles. The number of carbonyl (C=O) groups is 1. The molecule has 0 aliphatic rings. The van der Waals surface area contributed by atoms with Crippen molar-refractivity contribution in [2.24, 2.45) is 0 Å². The monoisotopic (exact) mass is 336 g/mol. The summed E-state index contributed by atoms with van der Waals surface area (Å²) in [7, 11) is 0. The number of nitrogens with zero attached hydrogens (tertiary/aromatic N) is 3. The first kappa shape index (κ1) is 16.7. The Morgan fingerprint density at radius 1 is 1.16 bits per heavy atom. The molecule has 2 heterocycles. The van der Waals surface area contributed by atoms with Crippen molar-refractivity contribution in [2.45, 2.75) is 20.0 Å². The number of benzene rings is 1. The summed E-state index contributed by atoms with van der Waals surface area (Å²) < 4.78 is 7.40. The molecule has 6 heteroatoms. The molecule has 2 aromatic heterocycles. The van der Waals surface area contributed by atoms with E-state index in [4.69, 9.17) is 4.74 Å². The Hall–Kier alpha value is -3.15. The van der Waals surface area contributed by atoms with Crippen LogP contribution in [0.2, 0.25) is 0 Å². The number of carbonyl (C=O) groups excluding carboxylic acids is 1. The maximum atomic E-state index is 12.4. The van der Waals surface area contributed by atoms with E-state index < -0.39 is 0 Å². The van der Waals surface area contributed by atoms with Gasteiger partial charge in [0.25, 0.3) is 5.91 Å². The van der Waals surface area contributed by atoms with Crippen molar-refractivity contribution in [1.29, 1.82) is 0 Å². The Bertz CT molecular complexity index is 814. The van der Waals surface area contributed by atoms with Crippen LogP contribution < -0.4 is 10.1 Å². The number of pyridine rings is 1. The maximum Gasteiger partial charge on any atom is 0.257 e. The normalized spacial score (nSPS) is 10.4. The average Bonchev–Trinajstić information content (AvgIpc) is 3.15. The third-order valence-electron chi connectivity index (χ3n) is 3.70. The highest BCUT2D eigenvalue weighted by Crippen LogP contribution is 2.14. The molecule has 1 N–H and O–H groups in total. The predicted molar refractivity (Wildman–Crippen MR) is 94.3 cm³/mol. The molecule has 0 radical (unpaired) electrons. The number of imidazole rings is 1. The molecule has 0 aliphatic heterocycles. The molecule has 0 atom stereocenters. The summed E-state index contributed by atoms with van der Waals surface area (Å²) in [6.07, 6.45) is 7.09. The highest BCUT2D eigenvalue weighted by Gasteiger charge is 2.12. The number of nitrogens with one attached hydrogen (secondary N) is 1. The van der Waals surface area contributed by atoms with Gasteiger partial charge in [-0.1, -0.05) is 24.3 Å². The van der Waals surface area contributed by atoms with E-state index in [1.807, 2.05) is 29.8 Å². The Morgan fingerprint density at radius 3 is 2.68 bits per heavy atom. The molecule has 128 valence electrons. The first-order valence-corrected chi connectivity index (χ1v) is 8.16. The molecule has 1 amide bonds. The molecule has 0 unspecified atom stereocenters. The van der Waals surface area contributed by atoms with E-state index in [0.29, 0.717) is 24.6 Å². The van der Waals surface area contributed by atoms with Crippen LogP contribution in [0.25, 0.3) is 0 Å². The van der Waals surface area contributed by atoms with Gasteiger partial charge in [-0.2, -0.15) is 0 Å². The highest BCUT2D eigenvalue weighted by molar-refractivity contribution is 5.96. The van der Waals surface area contributed by atoms with Crippen LogP contribution in [0.3, 0.4) is 0 Å². The van der Waals surface area contributed by atoms with Crippen LogP contribution in [0.1, 0.15) is 28.4 Å². The van der Waals surface area contributed by atoms with Gasteiger partial charge < -0.3 is 14.6 Å². The van der Waals surface area contributed by atoms with Crippen molar-refractivity contribution in [3.8, 4) is 5.88 Å². The van der Waals surface area contributed by atoms with Gasteiger partial charge in [-0.05, 0) is 30.2 Å². The molecule has 3 aromatic rings. The van der Waals surface area contributed by atoms with Crippen molar-refractivity contribution in [3.63, 3.8) is 0 Å². The molecular weight excluding hydrogens is 316 g/mol. The molecule has 3 rings (SSSR count). The van der Waals surface area contributed by atoms with E-state index in [1.165, 1.54) is 5.56 Å². The summed E-state index contributed by atoms with van der Waals surface area (Å²) in [6.45, 7) is 3.56. The van der Waals surface area contributed by atoms with E-state index in [9.17, 15) is 4.79 Å². The van der Waals surface area contributed by atoms with Gasteiger partial charge in [-0.15, -0.1) is 0 Å². The van der Waals surface area contributed by atoms with E-state index in [0.717, 1.165) is 12.1 Å². The van der Waals surface area contributed by atoms with Crippen LogP contribution in [0.4, 0.5) is 0 Å². The second-order valence-electron chi connectivity index (χ2n) is 5.52. The van der Waals surface area contributed by atoms with Gasteiger partial charge in [-0.3, -0.25) is 4.79 Å². The number of ether oxygens (including phenoxy) is 1. The van der Waals surface area contributed by atoms with Crippen molar-refractivity contribution in [1.82, 2.24) is 19.9 Å². The third-order valence-corrected chi connectivity index (χ3v) is 3.70. The van der Waals surface area contributed by atoms with Crippen LogP contribution in [0.5, 0.6) is 5.88 Å². The van der Waals surface area contributed by atoms with Gasteiger partial charge in [0.15, 0.2) is 0 Å². The molecule has 0 bridgehead atoms. The Kier molecular flexibility index (Phi) is 5.41. The van der Waals surface area contributed by atoms with E-state index >= 15 is 0 Å². The van der Waals surface area contributed by atoms with Crippen LogP contribution in [-0.2, 0) is 13.1 Å². The van der Waals surface area contributed by atoms with Crippen LogP contribution in [-0.4, -0.2) is 27.0 Å². The third kappa shape index (κ3) is 4.44. The lowest BCUT2D eigenvalue weighted by molar-refractivity contribution is 0.0946. The lowest BCUT2D eigenvalue weighted by Crippen LogP contribution is -2.23. The lowest BCUT2D eigenvalue weighted by Gasteiger charge is -2.10.